The van der Waals surface area contributed by atoms with Crippen molar-refractivity contribution in [2.45, 2.75) is 0 Å². The standard InChI is InChI=1S/C15H13N3O2S/c1-16-8-15(20)18-10-6-11-14(7-12(10)19)21-13-5-3-2-4-9(13)17-11/h2-7,16H,8H2,1H3,(H,18,20). The lowest BCUT2D eigenvalue weighted by atomic mass is 10.2. The number of hydrogen-bond donors (Lipinski definition) is 2. The van der Waals surface area contributed by atoms with Gasteiger partial charge < -0.3 is 10.6 Å². The Hall–Kier alpha value is -2.31. The number of aromatic nitrogens is 1. The monoisotopic (exact) mass is 299 g/mol. The van der Waals surface area contributed by atoms with Crippen LogP contribution in [-0.4, -0.2) is 24.5 Å². The molecule has 1 aromatic rings. The lowest BCUT2D eigenvalue weighted by molar-refractivity contribution is -0.115. The van der Waals surface area contributed by atoms with Gasteiger partial charge in [0.05, 0.1) is 33.0 Å². The number of amides is 1. The summed E-state index contributed by atoms with van der Waals surface area (Å²) in [6, 6.07) is 10.9. The molecule has 5 nitrogen and oxygen atoms in total. The first-order chi connectivity index (χ1) is 10.2. The van der Waals surface area contributed by atoms with E-state index in [0.29, 0.717) is 5.69 Å². The van der Waals surface area contributed by atoms with E-state index in [2.05, 4.69) is 15.6 Å². The summed E-state index contributed by atoms with van der Waals surface area (Å²) in [6.07, 6.45) is 0. The van der Waals surface area contributed by atoms with Crippen LogP contribution in [0.2, 0.25) is 0 Å². The number of fused-ring (bicyclic) bond motifs is 2. The van der Waals surface area contributed by atoms with E-state index >= 15 is 0 Å². The highest BCUT2D eigenvalue weighted by Gasteiger charge is 2.12. The van der Waals surface area contributed by atoms with Gasteiger partial charge in [-0.25, -0.2) is 4.98 Å². The second-order valence-corrected chi connectivity index (χ2v) is 5.66. The molecular weight excluding hydrogens is 286 g/mol. The summed E-state index contributed by atoms with van der Waals surface area (Å²) >= 11 is 1.52. The summed E-state index contributed by atoms with van der Waals surface area (Å²) in [5, 5.41) is 5.34. The molecule has 1 aliphatic carbocycles. The van der Waals surface area contributed by atoms with Crippen LogP contribution in [0.3, 0.4) is 0 Å². The highest BCUT2D eigenvalue weighted by molar-refractivity contribution is 7.21. The van der Waals surface area contributed by atoms with E-state index < -0.39 is 0 Å². The highest BCUT2D eigenvalue weighted by Crippen LogP contribution is 2.30. The number of nitrogens with one attached hydrogen (secondary N) is 2. The molecule has 1 aliphatic heterocycles. The molecule has 1 amide bonds. The Bertz CT molecular complexity index is 844. The second-order valence-electron chi connectivity index (χ2n) is 4.58. The summed E-state index contributed by atoms with van der Waals surface area (Å²) in [4.78, 5) is 29.0. The molecule has 2 N–H and O–H groups in total. The molecule has 0 bridgehead atoms. The van der Waals surface area contributed by atoms with Gasteiger partial charge in [0.2, 0.25) is 11.3 Å². The van der Waals surface area contributed by atoms with E-state index in [1.54, 1.807) is 13.1 Å². The number of carbonyl (C=O) groups is 1. The maximum absolute atomic E-state index is 12.1. The molecule has 0 aromatic heterocycles. The van der Waals surface area contributed by atoms with Crippen molar-refractivity contribution in [3.8, 4) is 10.6 Å². The van der Waals surface area contributed by atoms with Crippen LogP contribution < -0.4 is 16.1 Å². The van der Waals surface area contributed by atoms with Gasteiger partial charge in [-0.1, -0.05) is 12.1 Å². The predicted octanol–water partition coefficient (Wildman–Crippen LogP) is 1.92. The van der Waals surface area contributed by atoms with Gasteiger partial charge in [-0.05, 0) is 25.2 Å². The van der Waals surface area contributed by atoms with Crippen LogP contribution in [0, 0.1) is 0 Å². The van der Waals surface area contributed by atoms with Gasteiger partial charge in [-0.15, -0.1) is 11.3 Å². The summed E-state index contributed by atoms with van der Waals surface area (Å²) in [5.74, 6) is -0.251. The smallest absolute Gasteiger partial charge is 0.238 e. The zero-order valence-corrected chi connectivity index (χ0v) is 12.2. The minimum absolute atomic E-state index is 0.158. The summed E-state index contributed by atoms with van der Waals surface area (Å²) < 4.78 is 1.02. The van der Waals surface area contributed by atoms with E-state index in [1.165, 1.54) is 17.4 Å². The van der Waals surface area contributed by atoms with Gasteiger partial charge in [-0.2, -0.15) is 0 Å². The quantitative estimate of drug-likeness (QED) is 0.725. The summed E-state index contributed by atoms with van der Waals surface area (Å²) in [5.41, 5.74) is 1.64. The minimum atomic E-state index is -0.251. The molecule has 1 aromatic carbocycles. The number of para-hydroxylation sites is 1. The fraction of sp³-hybridized carbons (Fsp3) is 0.133. The molecule has 0 radical (unpaired) electrons. The van der Waals surface area contributed by atoms with Gasteiger partial charge in [-0.3, -0.25) is 9.59 Å². The Morgan fingerprint density at radius 1 is 1.29 bits per heavy atom. The van der Waals surface area contributed by atoms with Crippen molar-refractivity contribution in [3.63, 3.8) is 0 Å². The van der Waals surface area contributed by atoms with E-state index in [0.717, 1.165) is 15.1 Å². The first-order valence-electron chi connectivity index (χ1n) is 6.45. The van der Waals surface area contributed by atoms with Gasteiger partial charge in [0.25, 0.3) is 0 Å². The van der Waals surface area contributed by atoms with Crippen LogP contribution in [0.15, 0.2) is 41.2 Å². The molecule has 0 spiro atoms. The van der Waals surface area contributed by atoms with Gasteiger partial charge in [0.1, 0.15) is 0 Å². The molecule has 0 atom stereocenters. The molecule has 0 unspecified atom stereocenters. The van der Waals surface area contributed by atoms with Crippen LogP contribution in [-0.2, 0) is 4.79 Å². The van der Waals surface area contributed by atoms with Crippen molar-refractivity contribution in [2.24, 2.45) is 0 Å². The fourth-order valence-corrected chi connectivity index (χ4v) is 3.03. The number of hydrogen-bond acceptors (Lipinski definition) is 5. The van der Waals surface area contributed by atoms with Gasteiger partial charge >= 0.3 is 0 Å². The first-order valence-corrected chi connectivity index (χ1v) is 7.27. The van der Waals surface area contributed by atoms with Crippen LogP contribution >= 0.6 is 11.3 Å². The minimum Gasteiger partial charge on any atom is -0.322 e. The average Bonchev–Trinajstić information content (AvgIpc) is 2.46. The van der Waals surface area contributed by atoms with Crippen molar-refractivity contribution in [2.75, 3.05) is 18.9 Å². The van der Waals surface area contributed by atoms with Crippen LogP contribution in [0.4, 0.5) is 5.69 Å². The van der Waals surface area contributed by atoms with Crippen molar-refractivity contribution in [3.05, 3.63) is 46.6 Å². The third-order valence-electron chi connectivity index (χ3n) is 3.00. The molecule has 2 aliphatic rings. The van der Waals surface area contributed by atoms with E-state index in [4.69, 9.17) is 0 Å². The first kappa shape index (κ1) is 13.7. The number of nitrogens with zero attached hydrogens (tertiary/aromatic N) is 1. The van der Waals surface area contributed by atoms with Crippen molar-refractivity contribution < 1.29 is 4.79 Å². The molecule has 6 heteroatoms. The topological polar surface area (TPSA) is 71.1 Å². The molecule has 21 heavy (non-hydrogen) atoms. The van der Waals surface area contributed by atoms with Crippen LogP contribution in [0.5, 0.6) is 0 Å². The predicted molar refractivity (Wildman–Crippen MR) is 85.1 cm³/mol. The van der Waals surface area contributed by atoms with Crippen LogP contribution in [0.1, 0.15) is 0 Å². The second kappa shape index (κ2) is 5.59. The summed E-state index contributed by atoms with van der Waals surface area (Å²) in [7, 11) is 1.67. The lowest BCUT2D eigenvalue weighted by Crippen LogP contribution is -2.27. The number of likely N-dealkylation sites (N-methyl/N-ethyl adjacent to an activating group) is 1. The normalized spacial score (nSPS) is 10.9. The third kappa shape index (κ3) is 2.76. The molecule has 0 fully saturated rings. The van der Waals surface area contributed by atoms with E-state index in [-0.39, 0.29) is 23.6 Å². The fourth-order valence-electron chi connectivity index (χ4n) is 2.06. The number of anilines is 1. The molecular formula is C15H13N3O2S. The number of carbonyl (C=O) groups excluding carboxylic acids is 1. The lowest BCUT2D eigenvalue weighted by Gasteiger charge is -2.09. The Balaban J connectivity index is 2.10. The average molecular weight is 299 g/mol. The SMILES string of the molecule is CNCC(=O)Nc1cc2nc3ccccc3sc-2cc1=O. The zero-order valence-electron chi connectivity index (χ0n) is 11.3. The Labute approximate surface area is 125 Å². The molecule has 3 rings (SSSR count). The molecule has 0 saturated heterocycles. The van der Waals surface area contributed by atoms with E-state index in [9.17, 15) is 9.59 Å². The zero-order chi connectivity index (χ0) is 14.8. The largest absolute Gasteiger partial charge is 0.322 e. The van der Waals surface area contributed by atoms with Crippen molar-refractivity contribution >= 4 is 33.1 Å². The number of rotatable bonds is 3. The molecule has 0 saturated carbocycles. The van der Waals surface area contributed by atoms with Crippen molar-refractivity contribution in [1.82, 2.24) is 10.3 Å². The molecule has 1 heterocycles. The maximum Gasteiger partial charge on any atom is 0.238 e. The number of benzene rings is 2. The maximum atomic E-state index is 12.1. The van der Waals surface area contributed by atoms with Crippen molar-refractivity contribution in [1.29, 1.82) is 0 Å². The Kier molecular flexibility index (Phi) is 3.64. The van der Waals surface area contributed by atoms with E-state index in [1.807, 2.05) is 24.3 Å². The molecule has 106 valence electrons. The Morgan fingerprint density at radius 2 is 2.10 bits per heavy atom. The van der Waals surface area contributed by atoms with Gasteiger partial charge in [0, 0.05) is 6.07 Å². The van der Waals surface area contributed by atoms with Crippen LogP contribution in [0.25, 0.3) is 20.8 Å². The van der Waals surface area contributed by atoms with Gasteiger partial charge in [0.15, 0.2) is 0 Å². The third-order valence-corrected chi connectivity index (χ3v) is 4.11. The Morgan fingerprint density at radius 3 is 2.90 bits per heavy atom. The highest BCUT2D eigenvalue weighted by atomic mass is 32.1. The summed E-state index contributed by atoms with van der Waals surface area (Å²) in [6.45, 7) is 0.158.